The van der Waals surface area contributed by atoms with Crippen LogP contribution in [0, 0.1) is 0 Å². The Kier molecular flexibility index (Phi) is 5.16. The predicted octanol–water partition coefficient (Wildman–Crippen LogP) is 3.84. The van der Waals surface area contributed by atoms with Crippen molar-refractivity contribution in [2.24, 2.45) is 0 Å². The first-order valence-electron chi connectivity index (χ1n) is 6.18. The topological polar surface area (TPSA) is 35.5 Å². The maximum absolute atomic E-state index is 12.0. The van der Waals surface area contributed by atoms with Crippen molar-refractivity contribution in [1.82, 2.24) is 0 Å². The van der Waals surface area contributed by atoms with Crippen molar-refractivity contribution in [3.05, 3.63) is 70.2 Å². The van der Waals surface area contributed by atoms with Crippen LogP contribution < -0.4 is 0 Å². The third-order valence-corrected chi connectivity index (χ3v) is 3.01. The van der Waals surface area contributed by atoms with Crippen LogP contribution in [0.2, 0.25) is 5.02 Å². The third-order valence-electron chi connectivity index (χ3n) is 2.76. The molecule has 0 N–H and O–H groups in total. The molecule has 0 radical (unpaired) electrons. The van der Waals surface area contributed by atoms with Crippen molar-refractivity contribution < 1.29 is 14.3 Å². The zero-order valence-electron chi connectivity index (χ0n) is 11.1. The summed E-state index contributed by atoms with van der Waals surface area (Å²) < 4.78 is 10.3. The highest BCUT2D eigenvalue weighted by Crippen LogP contribution is 2.12. The van der Waals surface area contributed by atoms with Gasteiger partial charge in [0.25, 0.3) is 0 Å². The summed E-state index contributed by atoms with van der Waals surface area (Å²) in [6.45, 7) is 0.697. The summed E-state index contributed by atoms with van der Waals surface area (Å²) in [5, 5.41) is 0.660. The lowest BCUT2D eigenvalue weighted by molar-refractivity contribution is 0.0472. The van der Waals surface area contributed by atoms with Crippen LogP contribution >= 0.6 is 11.6 Å². The van der Waals surface area contributed by atoms with Gasteiger partial charge >= 0.3 is 5.97 Å². The van der Waals surface area contributed by atoms with Crippen molar-refractivity contribution in [2.75, 3.05) is 7.11 Å². The smallest absolute Gasteiger partial charge is 0.338 e. The van der Waals surface area contributed by atoms with Crippen LogP contribution in [-0.4, -0.2) is 13.1 Å². The van der Waals surface area contributed by atoms with Gasteiger partial charge in [-0.15, -0.1) is 0 Å². The van der Waals surface area contributed by atoms with Crippen molar-refractivity contribution in [1.29, 1.82) is 0 Å². The van der Waals surface area contributed by atoms with Crippen LogP contribution in [0.4, 0.5) is 0 Å². The Morgan fingerprint density at radius 3 is 2.50 bits per heavy atom. The fourth-order valence-corrected chi connectivity index (χ4v) is 1.89. The van der Waals surface area contributed by atoms with Gasteiger partial charge in [0.1, 0.15) is 6.61 Å². The van der Waals surface area contributed by atoms with Gasteiger partial charge < -0.3 is 9.47 Å². The standard InChI is InChI=1S/C16H15ClO3/c1-19-10-13-3-2-4-14(9-13)16(18)20-11-12-5-7-15(17)8-6-12/h2-9H,10-11H2,1H3. The van der Waals surface area contributed by atoms with Crippen LogP contribution in [-0.2, 0) is 22.7 Å². The Morgan fingerprint density at radius 1 is 1.05 bits per heavy atom. The summed E-state index contributed by atoms with van der Waals surface area (Å²) in [5.41, 5.74) is 2.36. The van der Waals surface area contributed by atoms with E-state index in [2.05, 4.69) is 0 Å². The molecule has 0 bridgehead atoms. The van der Waals surface area contributed by atoms with E-state index >= 15 is 0 Å². The summed E-state index contributed by atoms with van der Waals surface area (Å²) in [6.07, 6.45) is 0. The lowest BCUT2D eigenvalue weighted by Crippen LogP contribution is -2.05. The molecule has 3 nitrogen and oxygen atoms in total. The Hall–Kier alpha value is -1.84. The van der Waals surface area contributed by atoms with Gasteiger partial charge in [-0.05, 0) is 35.4 Å². The maximum atomic E-state index is 12.0. The molecule has 2 aromatic rings. The normalized spacial score (nSPS) is 10.3. The van der Waals surface area contributed by atoms with E-state index in [1.807, 2.05) is 24.3 Å². The number of methoxy groups -OCH3 is 1. The van der Waals surface area contributed by atoms with Crippen LogP contribution in [0.15, 0.2) is 48.5 Å². The Morgan fingerprint density at radius 2 is 1.80 bits per heavy atom. The number of rotatable bonds is 5. The number of benzene rings is 2. The second-order valence-corrected chi connectivity index (χ2v) is 4.77. The molecule has 0 saturated heterocycles. The molecular formula is C16H15ClO3. The molecule has 0 unspecified atom stereocenters. The number of hydrogen-bond donors (Lipinski definition) is 0. The van der Waals surface area contributed by atoms with E-state index in [1.165, 1.54) is 0 Å². The summed E-state index contributed by atoms with van der Waals surface area (Å²) in [5.74, 6) is -0.349. The molecule has 0 spiro atoms. The first-order chi connectivity index (χ1) is 9.69. The zero-order chi connectivity index (χ0) is 14.4. The molecule has 2 aromatic carbocycles. The fraction of sp³-hybridized carbons (Fsp3) is 0.188. The predicted molar refractivity (Wildman–Crippen MR) is 77.7 cm³/mol. The zero-order valence-corrected chi connectivity index (χ0v) is 11.9. The van der Waals surface area contributed by atoms with E-state index in [0.29, 0.717) is 17.2 Å². The molecule has 0 amide bonds. The van der Waals surface area contributed by atoms with E-state index in [-0.39, 0.29) is 12.6 Å². The van der Waals surface area contributed by atoms with Gasteiger partial charge in [0.15, 0.2) is 0 Å². The average molecular weight is 291 g/mol. The van der Waals surface area contributed by atoms with Gasteiger partial charge in [-0.1, -0.05) is 35.9 Å². The monoisotopic (exact) mass is 290 g/mol. The van der Waals surface area contributed by atoms with Crippen LogP contribution in [0.3, 0.4) is 0 Å². The van der Waals surface area contributed by atoms with Crippen LogP contribution in [0.25, 0.3) is 0 Å². The minimum Gasteiger partial charge on any atom is -0.457 e. The summed E-state index contributed by atoms with van der Waals surface area (Å²) in [4.78, 5) is 12.0. The molecule has 0 aliphatic rings. The van der Waals surface area contributed by atoms with Gasteiger partial charge in [0, 0.05) is 12.1 Å². The minimum absolute atomic E-state index is 0.227. The molecule has 20 heavy (non-hydrogen) atoms. The quantitative estimate of drug-likeness (QED) is 0.785. The second-order valence-electron chi connectivity index (χ2n) is 4.34. The highest BCUT2D eigenvalue weighted by atomic mass is 35.5. The van der Waals surface area contributed by atoms with Crippen molar-refractivity contribution in [3.63, 3.8) is 0 Å². The molecule has 0 aromatic heterocycles. The Bertz CT molecular complexity index is 579. The SMILES string of the molecule is COCc1cccc(C(=O)OCc2ccc(Cl)cc2)c1. The van der Waals surface area contributed by atoms with Crippen molar-refractivity contribution >= 4 is 17.6 Å². The van der Waals surface area contributed by atoms with Crippen molar-refractivity contribution in [3.8, 4) is 0 Å². The molecule has 0 saturated carbocycles. The van der Waals surface area contributed by atoms with E-state index in [9.17, 15) is 4.79 Å². The van der Waals surface area contributed by atoms with Crippen molar-refractivity contribution in [2.45, 2.75) is 13.2 Å². The molecule has 2 rings (SSSR count). The van der Waals surface area contributed by atoms with Crippen LogP contribution in [0.1, 0.15) is 21.5 Å². The lowest BCUT2D eigenvalue weighted by atomic mass is 10.1. The summed E-state index contributed by atoms with van der Waals surface area (Å²) >= 11 is 5.80. The van der Waals surface area contributed by atoms with E-state index < -0.39 is 0 Å². The Balaban J connectivity index is 1.97. The van der Waals surface area contributed by atoms with Gasteiger partial charge in [0.2, 0.25) is 0 Å². The second kappa shape index (κ2) is 7.08. The van der Waals surface area contributed by atoms with Gasteiger partial charge in [-0.2, -0.15) is 0 Å². The third kappa shape index (κ3) is 4.08. The average Bonchev–Trinajstić information content (AvgIpc) is 2.47. The lowest BCUT2D eigenvalue weighted by Gasteiger charge is -2.06. The largest absolute Gasteiger partial charge is 0.457 e. The maximum Gasteiger partial charge on any atom is 0.338 e. The number of halogens is 1. The molecule has 104 valence electrons. The molecular weight excluding hydrogens is 276 g/mol. The Labute approximate surface area is 123 Å². The number of carbonyl (C=O) groups excluding carboxylic acids is 1. The number of esters is 1. The number of ether oxygens (including phenoxy) is 2. The number of carbonyl (C=O) groups is 1. The highest BCUT2D eigenvalue weighted by Gasteiger charge is 2.08. The van der Waals surface area contributed by atoms with E-state index in [0.717, 1.165) is 11.1 Å². The summed E-state index contributed by atoms with van der Waals surface area (Å²) in [6, 6.07) is 14.4. The molecule has 0 fully saturated rings. The highest BCUT2D eigenvalue weighted by molar-refractivity contribution is 6.30. The molecule has 4 heteroatoms. The van der Waals surface area contributed by atoms with Gasteiger partial charge in [-0.25, -0.2) is 4.79 Å². The van der Waals surface area contributed by atoms with Crippen LogP contribution in [0.5, 0.6) is 0 Å². The molecule has 0 aliphatic heterocycles. The fourth-order valence-electron chi connectivity index (χ4n) is 1.77. The molecule has 0 aliphatic carbocycles. The molecule has 0 heterocycles. The number of hydrogen-bond acceptors (Lipinski definition) is 3. The first-order valence-corrected chi connectivity index (χ1v) is 6.56. The first kappa shape index (κ1) is 14.6. The molecule has 0 atom stereocenters. The minimum atomic E-state index is -0.349. The van der Waals surface area contributed by atoms with E-state index in [4.69, 9.17) is 21.1 Å². The van der Waals surface area contributed by atoms with Gasteiger partial charge in [-0.3, -0.25) is 0 Å². The summed E-state index contributed by atoms with van der Waals surface area (Å²) in [7, 11) is 1.62. The van der Waals surface area contributed by atoms with Gasteiger partial charge in [0.05, 0.1) is 12.2 Å². The van der Waals surface area contributed by atoms with E-state index in [1.54, 1.807) is 31.4 Å².